The maximum absolute atomic E-state index is 12.2. The average Bonchev–Trinajstić information content (AvgIpc) is 3.20. The van der Waals surface area contributed by atoms with E-state index in [2.05, 4.69) is 10.6 Å². The van der Waals surface area contributed by atoms with E-state index in [-0.39, 0.29) is 29.4 Å². The predicted molar refractivity (Wildman–Crippen MR) is 82.3 cm³/mol. The van der Waals surface area contributed by atoms with E-state index in [1.807, 2.05) is 0 Å². The highest BCUT2D eigenvalue weighted by atomic mass is 32.2. The number of hydrogen-bond acceptors (Lipinski definition) is 4. The highest BCUT2D eigenvalue weighted by Gasteiger charge is 2.33. The summed E-state index contributed by atoms with van der Waals surface area (Å²) in [7, 11) is -3.11. The third-order valence-corrected chi connectivity index (χ3v) is 5.71. The highest BCUT2D eigenvalue weighted by Crippen LogP contribution is 2.24. The standard InChI is InChI=1S/C15H18N2O4S/c18-14(10-7-8-22(20,21)9-10)17-13-4-2-1-3-12(13)15(19)16-11-5-6-11/h1-4,10-11H,5-9H2,(H,16,19)(H,17,18). The third kappa shape index (κ3) is 3.47. The molecule has 118 valence electrons. The predicted octanol–water partition coefficient (Wildman–Crippen LogP) is 0.952. The van der Waals surface area contributed by atoms with E-state index in [0.717, 1.165) is 12.8 Å². The molecule has 1 aliphatic carbocycles. The first-order valence-corrected chi connectivity index (χ1v) is 9.18. The minimum absolute atomic E-state index is 0.0505. The Morgan fingerprint density at radius 1 is 1.09 bits per heavy atom. The normalized spacial score (nSPS) is 23.0. The Morgan fingerprint density at radius 2 is 1.82 bits per heavy atom. The lowest BCUT2D eigenvalue weighted by atomic mass is 10.1. The van der Waals surface area contributed by atoms with Gasteiger partial charge in [-0.15, -0.1) is 0 Å². The molecule has 0 bridgehead atoms. The molecule has 2 N–H and O–H groups in total. The molecule has 1 atom stereocenters. The molecule has 2 fully saturated rings. The molecule has 1 heterocycles. The van der Waals surface area contributed by atoms with E-state index < -0.39 is 15.8 Å². The van der Waals surface area contributed by atoms with Gasteiger partial charge in [0.05, 0.1) is 28.7 Å². The molecule has 1 aliphatic heterocycles. The van der Waals surface area contributed by atoms with Crippen LogP contribution in [0.5, 0.6) is 0 Å². The van der Waals surface area contributed by atoms with Crippen LogP contribution in [0, 0.1) is 5.92 Å². The number of amides is 2. The summed E-state index contributed by atoms with van der Waals surface area (Å²) in [6.07, 6.45) is 2.31. The van der Waals surface area contributed by atoms with E-state index >= 15 is 0 Å². The van der Waals surface area contributed by atoms with Gasteiger partial charge >= 0.3 is 0 Å². The van der Waals surface area contributed by atoms with Crippen LogP contribution in [-0.4, -0.2) is 37.8 Å². The van der Waals surface area contributed by atoms with Crippen LogP contribution in [0.2, 0.25) is 0 Å². The van der Waals surface area contributed by atoms with Gasteiger partial charge in [-0.3, -0.25) is 9.59 Å². The Labute approximate surface area is 129 Å². The molecule has 0 aromatic heterocycles. The van der Waals surface area contributed by atoms with Gasteiger partial charge in [-0.05, 0) is 31.4 Å². The van der Waals surface area contributed by atoms with Gasteiger partial charge in [-0.25, -0.2) is 8.42 Å². The fourth-order valence-electron chi connectivity index (χ4n) is 2.52. The van der Waals surface area contributed by atoms with Crippen molar-refractivity contribution in [3.05, 3.63) is 29.8 Å². The zero-order valence-corrected chi connectivity index (χ0v) is 12.9. The maximum Gasteiger partial charge on any atom is 0.253 e. The molecule has 2 amide bonds. The van der Waals surface area contributed by atoms with Gasteiger partial charge in [0.2, 0.25) is 5.91 Å². The summed E-state index contributed by atoms with van der Waals surface area (Å²) < 4.78 is 22.9. The van der Waals surface area contributed by atoms with Crippen LogP contribution in [0.4, 0.5) is 5.69 Å². The minimum Gasteiger partial charge on any atom is -0.349 e. The molecule has 6 nitrogen and oxygen atoms in total. The molecule has 7 heteroatoms. The van der Waals surface area contributed by atoms with Gasteiger partial charge in [-0.1, -0.05) is 12.1 Å². The lowest BCUT2D eigenvalue weighted by Crippen LogP contribution is -2.28. The van der Waals surface area contributed by atoms with Crippen molar-refractivity contribution in [2.75, 3.05) is 16.8 Å². The van der Waals surface area contributed by atoms with Gasteiger partial charge < -0.3 is 10.6 Å². The van der Waals surface area contributed by atoms with Crippen molar-refractivity contribution >= 4 is 27.3 Å². The molecular weight excluding hydrogens is 304 g/mol. The van der Waals surface area contributed by atoms with E-state index in [0.29, 0.717) is 17.7 Å². The van der Waals surface area contributed by atoms with E-state index in [1.54, 1.807) is 24.3 Å². The summed E-state index contributed by atoms with van der Waals surface area (Å²) in [5.41, 5.74) is 0.832. The highest BCUT2D eigenvalue weighted by molar-refractivity contribution is 7.91. The molecule has 2 aliphatic rings. The van der Waals surface area contributed by atoms with Crippen LogP contribution in [0.1, 0.15) is 29.6 Å². The zero-order valence-electron chi connectivity index (χ0n) is 12.0. The summed E-state index contributed by atoms with van der Waals surface area (Å²) in [4.78, 5) is 24.4. The quantitative estimate of drug-likeness (QED) is 0.863. The first-order chi connectivity index (χ1) is 10.4. The van der Waals surface area contributed by atoms with E-state index in [9.17, 15) is 18.0 Å². The molecule has 0 spiro atoms. The Bertz CT molecular complexity index is 710. The van der Waals surface area contributed by atoms with Gasteiger partial charge in [0.1, 0.15) is 0 Å². The van der Waals surface area contributed by atoms with Gasteiger partial charge in [-0.2, -0.15) is 0 Å². The van der Waals surface area contributed by atoms with Crippen LogP contribution < -0.4 is 10.6 Å². The number of benzene rings is 1. The van der Waals surface area contributed by atoms with Crippen molar-refractivity contribution in [1.82, 2.24) is 5.32 Å². The van der Waals surface area contributed by atoms with Crippen molar-refractivity contribution in [3.63, 3.8) is 0 Å². The number of rotatable bonds is 4. The number of carbonyl (C=O) groups is 2. The molecule has 3 rings (SSSR count). The number of hydrogen-bond donors (Lipinski definition) is 2. The molecule has 1 unspecified atom stereocenters. The summed E-state index contributed by atoms with van der Waals surface area (Å²) in [5, 5.41) is 5.58. The first-order valence-electron chi connectivity index (χ1n) is 7.36. The topological polar surface area (TPSA) is 92.3 Å². The third-order valence-electron chi connectivity index (χ3n) is 3.95. The Morgan fingerprint density at radius 3 is 2.45 bits per heavy atom. The van der Waals surface area contributed by atoms with E-state index in [4.69, 9.17) is 0 Å². The molecule has 1 aromatic rings. The van der Waals surface area contributed by atoms with Crippen molar-refractivity contribution in [1.29, 1.82) is 0 Å². The van der Waals surface area contributed by atoms with Crippen molar-refractivity contribution in [3.8, 4) is 0 Å². The number of sulfone groups is 1. The van der Waals surface area contributed by atoms with Crippen molar-refractivity contribution < 1.29 is 18.0 Å². The zero-order chi connectivity index (χ0) is 15.7. The smallest absolute Gasteiger partial charge is 0.253 e. The summed E-state index contributed by atoms with van der Waals surface area (Å²) in [6.45, 7) is 0. The molecular formula is C15H18N2O4S. The number of nitrogens with one attached hydrogen (secondary N) is 2. The van der Waals surface area contributed by atoms with Gasteiger partial charge in [0, 0.05) is 6.04 Å². The first kappa shape index (κ1) is 15.0. The molecule has 22 heavy (non-hydrogen) atoms. The fraction of sp³-hybridized carbons (Fsp3) is 0.467. The van der Waals surface area contributed by atoms with Crippen LogP contribution >= 0.6 is 0 Å². The molecule has 0 radical (unpaired) electrons. The summed E-state index contributed by atoms with van der Waals surface area (Å²) in [6, 6.07) is 7.00. The van der Waals surface area contributed by atoms with Crippen LogP contribution in [-0.2, 0) is 14.6 Å². The lowest BCUT2D eigenvalue weighted by Gasteiger charge is -2.13. The second-order valence-corrected chi connectivity index (χ2v) is 8.11. The SMILES string of the molecule is O=C(NC1CC1)c1ccccc1NC(=O)C1CCS(=O)(=O)C1. The van der Waals surface area contributed by atoms with E-state index in [1.165, 1.54) is 0 Å². The average molecular weight is 322 g/mol. The van der Waals surface area contributed by atoms with Crippen LogP contribution in [0.25, 0.3) is 0 Å². The van der Waals surface area contributed by atoms with Gasteiger partial charge in [0.25, 0.3) is 5.91 Å². The molecule has 1 saturated carbocycles. The summed E-state index contributed by atoms with van der Waals surface area (Å²) in [5.74, 6) is -1.15. The minimum atomic E-state index is -3.11. The summed E-state index contributed by atoms with van der Waals surface area (Å²) >= 11 is 0. The van der Waals surface area contributed by atoms with Crippen LogP contribution in [0.3, 0.4) is 0 Å². The largest absolute Gasteiger partial charge is 0.349 e. The van der Waals surface area contributed by atoms with Crippen molar-refractivity contribution in [2.24, 2.45) is 5.92 Å². The second-order valence-electron chi connectivity index (χ2n) is 5.88. The van der Waals surface area contributed by atoms with Crippen LogP contribution in [0.15, 0.2) is 24.3 Å². The second kappa shape index (κ2) is 5.72. The lowest BCUT2D eigenvalue weighted by molar-refractivity contribution is -0.119. The maximum atomic E-state index is 12.2. The Hall–Kier alpha value is -1.89. The molecule has 1 aromatic carbocycles. The fourth-order valence-corrected chi connectivity index (χ4v) is 4.26. The van der Waals surface area contributed by atoms with Crippen molar-refractivity contribution in [2.45, 2.75) is 25.3 Å². The molecule has 1 saturated heterocycles. The number of anilines is 1. The Kier molecular flexibility index (Phi) is 3.90. The Balaban J connectivity index is 1.72. The van der Waals surface area contributed by atoms with Gasteiger partial charge in [0.15, 0.2) is 9.84 Å². The number of para-hydroxylation sites is 1. The number of carbonyl (C=O) groups excluding carboxylic acids is 2. The monoisotopic (exact) mass is 322 g/mol.